The van der Waals surface area contributed by atoms with Crippen LogP contribution in [-0.4, -0.2) is 42.0 Å². The number of likely N-dealkylation sites (tertiary alicyclic amines) is 1. The summed E-state index contributed by atoms with van der Waals surface area (Å²) >= 11 is 0. The Morgan fingerprint density at radius 1 is 1.44 bits per heavy atom. The summed E-state index contributed by atoms with van der Waals surface area (Å²) in [7, 11) is 0. The van der Waals surface area contributed by atoms with Crippen molar-refractivity contribution >= 4 is 5.91 Å². The van der Waals surface area contributed by atoms with Gasteiger partial charge in [0.15, 0.2) is 0 Å². The van der Waals surface area contributed by atoms with Crippen LogP contribution in [0.4, 0.5) is 0 Å². The number of carbonyl (C=O) groups is 1. The maximum Gasteiger partial charge on any atom is 0.272 e. The first-order valence-electron chi connectivity index (χ1n) is 6.62. The molecule has 2 saturated heterocycles. The van der Waals surface area contributed by atoms with E-state index in [1.54, 1.807) is 0 Å². The van der Waals surface area contributed by atoms with Gasteiger partial charge in [0.2, 0.25) is 0 Å². The first-order valence-corrected chi connectivity index (χ1v) is 6.62. The molecule has 1 atom stereocenters. The molecule has 1 N–H and O–H groups in total. The molecule has 0 saturated carbocycles. The van der Waals surface area contributed by atoms with Gasteiger partial charge < -0.3 is 10.2 Å². The van der Waals surface area contributed by atoms with Crippen molar-refractivity contribution in [2.75, 3.05) is 26.2 Å². The van der Waals surface area contributed by atoms with Crippen LogP contribution in [0.1, 0.15) is 29.0 Å². The lowest BCUT2D eigenvalue weighted by atomic mass is 9.87. The summed E-state index contributed by atoms with van der Waals surface area (Å²) in [5, 5.41) is 3.41. The van der Waals surface area contributed by atoms with Crippen LogP contribution in [-0.2, 0) is 0 Å². The summed E-state index contributed by atoms with van der Waals surface area (Å²) in [6, 6.07) is 5.63. The molecule has 3 rings (SSSR count). The van der Waals surface area contributed by atoms with Gasteiger partial charge in [-0.2, -0.15) is 0 Å². The number of pyridine rings is 1. The molecule has 0 aromatic carbocycles. The zero-order valence-corrected chi connectivity index (χ0v) is 10.8. The quantitative estimate of drug-likeness (QED) is 0.809. The van der Waals surface area contributed by atoms with Crippen LogP contribution in [0.3, 0.4) is 0 Å². The smallest absolute Gasteiger partial charge is 0.272 e. The van der Waals surface area contributed by atoms with Gasteiger partial charge in [0.05, 0.1) is 0 Å². The summed E-state index contributed by atoms with van der Waals surface area (Å²) in [6.45, 7) is 5.82. The van der Waals surface area contributed by atoms with Gasteiger partial charge in [-0.25, -0.2) is 4.98 Å². The van der Waals surface area contributed by atoms with Crippen molar-refractivity contribution in [1.82, 2.24) is 15.2 Å². The Kier molecular flexibility index (Phi) is 2.82. The third-order valence-electron chi connectivity index (χ3n) is 4.17. The minimum absolute atomic E-state index is 0.0856. The van der Waals surface area contributed by atoms with Gasteiger partial charge in [-0.1, -0.05) is 6.07 Å². The summed E-state index contributed by atoms with van der Waals surface area (Å²) in [5.41, 5.74) is 1.81. The van der Waals surface area contributed by atoms with E-state index in [0.29, 0.717) is 11.1 Å². The zero-order valence-electron chi connectivity index (χ0n) is 10.8. The fourth-order valence-electron chi connectivity index (χ4n) is 3.08. The van der Waals surface area contributed by atoms with E-state index in [-0.39, 0.29) is 5.91 Å². The molecule has 1 aromatic heterocycles. The number of amides is 1. The number of aryl methyl sites for hydroxylation is 1. The van der Waals surface area contributed by atoms with Crippen molar-refractivity contribution in [2.45, 2.75) is 19.8 Å². The molecule has 3 heterocycles. The molecule has 4 heteroatoms. The van der Waals surface area contributed by atoms with E-state index in [1.165, 1.54) is 6.42 Å². The van der Waals surface area contributed by atoms with Gasteiger partial charge >= 0.3 is 0 Å². The highest BCUT2D eigenvalue weighted by Crippen LogP contribution is 2.36. The lowest BCUT2D eigenvalue weighted by molar-refractivity contribution is 0.0769. The van der Waals surface area contributed by atoms with E-state index in [4.69, 9.17) is 0 Å². The maximum atomic E-state index is 12.4. The van der Waals surface area contributed by atoms with Gasteiger partial charge in [0.1, 0.15) is 5.69 Å². The van der Waals surface area contributed by atoms with Crippen LogP contribution in [0.5, 0.6) is 0 Å². The third-order valence-corrected chi connectivity index (χ3v) is 4.17. The van der Waals surface area contributed by atoms with Crippen LogP contribution in [0.2, 0.25) is 0 Å². The van der Waals surface area contributed by atoms with Crippen molar-refractivity contribution in [3.63, 3.8) is 0 Å². The van der Waals surface area contributed by atoms with Crippen molar-refractivity contribution in [1.29, 1.82) is 0 Å². The van der Waals surface area contributed by atoms with Gasteiger partial charge in [-0.3, -0.25) is 4.79 Å². The minimum atomic E-state index is 0.0856. The lowest BCUT2D eigenvalue weighted by Crippen LogP contribution is -2.33. The molecule has 0 bridgehead atoms. The van der Waals surface area contributed by atoms with Crippen LogP contribution in [0, 0.1) is 12.3 Å². The van der Waals surface area contributed by atoms with Crippen molar-refractivity contribution < 1.29 is 4.79 Å². The topological polar surface area (TPSA) is 45.2 Å². The van der Waals surface area contributed by atoms with Gasteiger partial charge in [0, 0.05) is 30.7 Å². The molecule has 2 fully saturated rings. The molecule has 0 aliphatic carbocycles. The number of nitrogens with zero attached hydrogens (tertiary/aromatic N) is 2. The first kappa shape index (κ1) is 11.7. The molecule has 1 unspecified atom stereocenters. The SMILES string of the molecule is Cc1cccc(C(=O)N2CCC3(CCNC3)C2)n1. The van der Waals surface area contributed by atoms with Crippen molar-refractivity contribution in [3.05, 3.63) is 29.6 Å². The third kappa shape index (κ3) is 2.01. The summed E-state index contributed by atoms with van der Waals surface area (Å²) < 4.78 is 0. The molecule has 96 valence electrons. The highest BCUT2D eigenvalue weighted by atomic mass is 16.2. The fourth-order valence-corrected chi connectivity index (χ4v) is 3.08. The highest BCUT2D eigenvalue weighted by Gasteiger charge is 2.42. The maximum absolute atomic E-state index is 12.4. The number of carbonyl (C=O) groups excluding carboxylic acids is 1. The van der Waals surface area contributed by atoms with Crippen LogP contribution in [0.15, 0.2) is 18.2 Å². The second-order valence-corrected chi connectivity index (χ2v) is 5.57. The molecule has 0 radical (unpaired) electrons. The monoisotopic (exact) mass is 245 g/mol. The largest absolute Gasteiger partial charge is 0.337 e. The molecule has 2 aliphatic heterocycles. The standard InChI is InChI=1S/C14H19N3O/c1-11-3-2-4-12(16-11)13(18)17-8-6-14(10-17)5-7-15-9-14/h2-4,15H,5-10H2,1H3. The van der Waals surface area contributed by atoms with E-state index >= 15 is 0 Å². The molecule has 4 nitrogen and oxygen atoms in total. The Morgan fingerprint density at radius 2 is 2.33 bits per heavy atom. The molecular formula is C14H19N3O. The summed E-state index contributed by atoms with van der Waals surface area (Å²) in [5.74, 6) is 0.0856. The highest BCUT2D eigenvalue weighted by molar-refractivity contribution is 5.92. The second kappa shape index (κ2) is 4.35. The number of nitrogens with one attached hydrogen (secondary N) is 1. The minimum Gasteiger partial charge on any atom is -0.337 e. The van der Waals surface area contributed by atoms with Crippen LogP contribution < -0.4 is 5.32 Å². The van der Waals surface area contributed by atoms with Gasteiger partial charge in [-0.05, 0) is 38.4 Å². The Balaban J connectivity index is 1.74. The molecule has 1 spiro atoms. The molecule has 1 aromatic rings. The fraction of sp³-hybridized carbons (Fsp3) is 0.571. The number of aromatic nitrogens is 1. The zero-order chi connectivity index (χ0) is 12.6. The Labute approximate surface area is 107 Å². The van der Waals surface area contributed by atoms with Gasteiger partial charge in [0.25, 0.3) is 5.91 Å². The van der Waals surface area contributed by atoms with E-state index in [0.717, 1.165) is 38.3 Å². The Morgan fingerprint density at radius 3 is 3.06 bits per heavy atom. The summed E-state index contributed by atoms with van der Waals surface area (Å²) in [6.07, 6.45) is 2.32. The van der Waals surface area contributed by atoms with E-state index < -0.39 is 0 Å². The van der Waals surface area contributed by atoms with Gasteiger partial charge in [-0.15, -0.1) is 0 Å². The van der Waals surface area contributed by atoms with E-state index in [9.17, 15) is 4.79 Å². The molecule has 1 amide bonds. The second-order valence-electron chi connectivity index (χ2n) is 5.57. The average Bonchev–Trinajstić information content (AvgIpc) is 3.00. The lowest BCUT2D eigenvalue weighted by Gasteiger charge is -2.22. The Bertz CT molecular complexity index is 466. The number of rotatable bonds is 1. The Hall–Kier alpha value is -1.42. The average molecular weight is 245 g/mol. The molecule has 18 heavy (non-hydrogen) atoms. The predicted octanol–water partition coefficient (Wildman–Crippen LogP) is 1.22. The van der Waals surface area contributed by atoms with Crippen molar-refractivity contribution in [3.8, 4) is 0 Å². The van der Waals surface area contributed by atoms with Crippen LogP contribution in [0.25, 0.3) is 0 Å². The number of hydrogen-bond donors (Lipinski definition) is 1. The van der Waals surface area contributed by atoms with E-state index in [1.807, 2.05) is 30.0 Å². The summed E-state index contributed by atoms with van der Waals surface area (Å²) in [4.78, 5) is 18.7. The van der Waals surface area contributed by atoms with Crippen LogP contribution >= 0.6 is 0 Å². The number of hydrogen-bond acceptors (Lipinski definition) is 3. The normalized spacial score (nSPS) is 27.1. The predicted molar refractivity (Wildman–Crippen MR) is 69.4 cm³/mol. The van der Waals surface area contributed by atoms with E-state index in [2.05, 4.69) is 10.3 Å². The molecule has 2 aliphatic rings. The molecular weight excluding hydrogens is 226 g/mol. The van der Waals surface area contributed by atoms with Crippen molar-refractivity contribution in [2.24, 2.45) is 5.41 Å². The first-order chi connectivity index (χ1) is 8.69.